The van der Waals surface area contributed by atoms with Crippen LogP contribution >= 0.6 is 12.4 Å². The fourth-order valence-corrected chi connectivity index (χ4v) is 2.76. The number of rotatable bonds is 6. The van der Waals surface area contributed by atoms with Crippen molar-refractivity contribution >= 4 is 34.8 Å². The van der Waals surface area contributed by atoms with Gasteiger partial charge in [-0.1, -0.05) is 32.4 Å². The van der Waals surface area contributed by atoms with E-state index in [0.717, 1.165) is 12.0 Å². The molecular formula is C17H29ClN2O2S. The van der Waals surface area contributed by atoms with E-state index in [1.165, 1.54) is 0 Å². The van der Waals surface area contributed by atoms with Gasteiger partial charge in [-0.05, 0) is 44.4 Å². The van der Waals surface area contributed by atoms with E-state index in [2.05, 4.69) is 5.32 Å². The normalized spacial score (nSPS) is 15.2. The van der Waals surface area contributed by atoms with Crippen LogP contribution in [0.4, 0.5) is 5.69 Å². The molecule has 6 heteroatoms. The number of amides is 1. The number of benzene rings is 1. The lowest BCUT2D eigenvalue weighted by Gasteiger charge is -2.19. The number of anilines is 1. The zero-order valence-electron chi connectivity index (χ0n) is 14.6. The summed E-state index contributed by atoms with van der Waals surface area (Å²) in [6.45, 7) is 9.85. The molecule has 23 heavy (non-hydrogen) atoms. The first-order chi connectivity index (χ1) is 10.1. The maximum absolute atomic E-state index is 12.2. The third-order valence-electron chi connectivity index (χ3n) is 3.74. The molecule has 0 aliphatic heterocycles. The Morgan fingerprint density at radius 2 is 1.96 bits per heavy atom. The molecule has 0 heterocycles. The second-order valence-corrected chi connectivity index (χ2v) is 8.91. The van der Waals surface area contributed by atoms with Gasteiger partial charge in [0, 0.05) is 27.0 Å². The van der Waals surface area contributed by atoms with Crippen LogP contribution in [0.1, 0.15) is 46.6 Å². The van der Waals surface area contributed by atoms with Crippen molar-refractivity contribution in [3.63, 3.8) is 0 Å². The maximum atomic E-state index is 12.2. The molecule has 3 atom stereocenters. The first-order valence-corrected chi connectivity index (χ1v) is 9.01. The summed E-state index contributed by atoms with van der Waals surface area (Å²) in [5.41, 5.74) is 7.58. The van der Waals surface area contributed by atoms with Gasteiger partial charge in [0.25, 0.3) is 0 Å². The zero-order chi connectivity index (χ0) is 16.9. The minimum atomic E-state index is -0.964. The molecular weight excluding hydrogens is 332 g/mol. The smallest absolute Gasteiger partial charge is 0.241 e. The molecule has 0 aromatic heterocycles. The summed E-state index contributed by atoms with van der Waals surface area (Å²) in [7, 11) is -0.964. The number of hydrogen-bond acceptors (Lipinski definition) is 3. The number of hydrogen-bond donors (Lipinski definition) is 2. The monoisotopic (exact) mass is 360 g/mol. The van der Waals surface area contributed by atoms with Crippen LogP contribution in [-0.4, -0.2) is 20.9 Å². The van der Waals surface area contributed by atoms with Crippen LogP contribution in [0.3, 0.4) is 0 Å². The molecule has 0 bridgehead atoms. The van der Waals surface area contributed by atoms with E-state index in [0.29, 0.717) is 11.4 Å². The van der Waals surface area contributed by atoms with Gasteiger partial charge in [-0.3, -0.25) is 9.00 Å². The van der Waals surface area contributed by atoms with E-state index in [9.17, 15) is 9.00 Å². The molecule has 0 aliphatic rings. The minimum Gasteiger partial charge on any atom is -0.325 e. The molecule has 0 aliphatic carbocycles. The van der Waals surface area contributed by atoms with Crippen LogP contribution in [-0.2, 0) is 21.3 Å². The largest absolute Gasteiger partial charge is 0.325 e. The summed E-state index contributed by atoms with van der Waals surface area (Å²) in [4.78, 5) is 12.1. The lowest BCUT2D eigenvalue weighted by Crippen LogP contribution is -2.40. The Balaban J connectivity index is 0.00000484. The number of carbonyl (C=O) groups is 1. The zero-order valence-corrected chi connectivity index (χ0v) is 16.2. The van der Waals surface area contributed by atoms with Gasteiger partial charge in [-0.2, -0.15) is 0 Å². The SMILES string of the molecule is CCC(C)C(N)C(=O)Nc1cccc(CS(=O)C(C)(C)C)c1.Cl. The van der Waals surface area contributed by atoms with Crippen LogP contribution in [0.5, 0.6) is 0 Å². The summed E-state index contributed by atoms with van der Waals surface area (Å²) < 4.78 is 12.0. The first-order valence-electron chi connectivity index (χ1n) is 7.69. The number of halogens is 1. The summed E-state index contributed by atoms with van der Waals surface area (Å²) in [5.74, 6) is 0.435. The molecule has 1 rings (SSSR count). The predicted molar refractivity (Wildman–Crippen MR) is 101 cm³/mol. The van der Waals surface area contributed by atoms with Crippen molar-refractivity contribution in [1.29, 1.82) is 0 Å². The summed E-state index contributed by atoms with van der Waals surface area (Å²) in [5, 5.41) is 2.85. The van der Waals surface area contributed by atoms with Gasteiger partial charge in [0.05, 0.1) is 6.04 Å². The van der Waals surface area contributed by atoms with Gasteiger partial charge in [0.1, 0.15) is 0 Å². The highest BCUT2D eigenvalue weighted by Crippen LogP contribution is 2.19. The first kappa shape index (κ1) is 22.1. The Labute approximate surface area is 148 Å². The molecule has 0 saturated heterocycles. The maximum Gasteiger partial charge on any atom is 0.241 e. The van der Waals surface area contributed by atoms with E-state index < -0.39 is 16.8 Å². The fraction of sp³-hybridized carbons (Fsp3) is 0.588. The molecule has 1 aromatic rings. The van der Waals surface area contributed by atoms with Crippen LogP contribution in [0.25, 0.3) is 0 Å². The molecule has 3 N–H and O–H groups in total. The van der Waals surface area contributed by atoms with Crippen LogP contribution < -0.4 is 11.1 Å². The Hall–Kier alpha value is -0.910. The topological polar surface area (TPSA) is 72.2 Å². The van der Waals surface area contributed by atoms with Crippen LogP contribution in [0, 0.1) is 5.92 Å². The fourth-order valence-electron chi connectivity index (χ4n) is 1.84. The average molecular weight is 361 g/mol. The molecule has 132 valence electrons. The Kier molecular flexibility index (Phi) is 9.03. The van der Waals surface area contributed by atoms with Gasteiger partial charge in [-0.25, -0.2) is 0 Å². The van der Waals surface area contributed by atoms with Gasteiger partial charge in [-0.15, -0.1) is 12.4 Å². The summed E-state index contributed by atoms with van der Waals surface area (Å²) in [6.07, 6.45) is 0.860. The number of carbonyl (C=O) groups excluding carboxylic acids is 1. The quantitative estimate of drug-likeness (QED) is 0.815. The molecule has 0 radical (unpaired) electrons. The molecule has 1 amide bonds. The van der Waals surface area contributed by atoms with Crippen LogP contribution in [0.15, 0.2) is 24.3 Å². The van der Waals surface area contributed by atoms with Crippen molar-refractivity contribution in [1.82, 2.24) is 0 Å². The van der Waals surface area contributed by atoms with E-state index in [-0.39, 0.29) is 29.0 Å². The molecule has 0 fully saturated rings. The standard InChI is InChI=1S/C17H28N2O2S.ClH/c1-6-12(2)15(18)16(20)19-14-9-7-8-13(10-14)11-22(21)17(3,4)5;/h7-10,12,15H,6,11,18H2,1-5H3,(H,19,20);1H. The third-order valence-corrected chi connectivity index (χ3v) is 5.70. The molecule has 4 nitrogen and oxygen atoms in total. The van der Waals surface area contributed by atoms with Gasteiger partial charge < -0.3 is 11.1 Å². The van der Waals surface area contributed by atoms with E-state index in [1.807, 2.05) is 58.9 Å². The molecule has 1 aromatic carbocycles. The Morgan fingerprint density at radius 3 is 2.48 bits per heavy atom. The van der Waals surface area contributed by atoms with E-state index >= 15 is 0 Å². The van der Waals surface area contributed by atoms with Crippen molar-refractivity contribution in [3.8, 4) is 0 Å². The van der Waals surface area contributed by atoms with E-state index in [4.69, 9.17) is 5.73 Å². The highest BCUT2D eigenvalue weighted by molar-refractivity contribution is 7.85. The predicted octanol–water partition coefficient (Wildman–Crippen LogP) is 3.47. The van der Waals surface area contributed by atoms with Crippen molar-refractivity contribution in [3.05, 3.63) is 29.8 Å². The summed E-state index contributed by atoms with van der Waals surface area (Å²) in [6, 6.07) is 6.96. The minimum absolute atomic E-state index is 0. The Morgan fingerprint density at radius 1 is 1.35 bits per heavy atom. The van der Waals surface area contributed by atoms with Crippen molar-refractivity contribution in [2.24, 2.45) is 11.7 Å². The number of nitrogens with two attached hydrogens (primary N) is 1. The molecule has 3 unspecified atom stereocenters. The van der Waals surface area contributed by atoms with Gasteiger partial charge in [0.2, 0.25) is 5.91 Å². The second-order valence-electron chi connectivity index (χ2n) is 6.70. The van der Waals surface area contributed by atoms with E-state index in [1.54, 1.807) is 0 Å². The van der Waals surface area contributed by atoms with Gasteiger partial charge >= 0.3 is 0 Å². The van der Waals surface area contributed by atoms with Crippen molar-refractivity contribution < 1.29 is 9.00 Å². The van der Waals surface area contributed by atoms with Crippen LogP contribution in [0.2, 0.25) is 0 Å². The average Bonchev–Trinajstić information content (AvgIpc) is 2.44. The highest BCUT2D eigenvalue weighted by Gasteiger charge is 2.21. The van der Waals surface area contributed by atoms with Crippen molar-refractivity contribution in [2.75, 3.05) is 5.32 Å². The van der Waals surface area contributed by atoms with Crippen molar-refractivity contribution in [2.45, 2.75) is 57.6 Å². The Bertz CT molecular complexity index is 544. The third kappa shape index (κ3) is 7.02. The lowest BCUT2D eigenvalue weighted by atomic mass is 9.99. The lowest BCUT2D eigenvalue weighted by molar-refractivity contribution is -0.118. The highest BCUT2D eigenvalue weighted by atomic mass is 35.5. The molecule has 0 spiro atoms. The molecule has 0 saturated carbocycles. The van der Waals surface area contributed by atoms with Gasteiger partial charge in [0.15, 0.2) is 0 Å². The summed E-state index contributed by atoms with van der Waals surface area (Å²) >= 11 is 0. The number of nitrogens with one attached hydrogen (secondary N) is 1. The second kappa shape index (κ2) is 9.40.